The first-order valence-electron chi connectivity index (χ1n) is 9.08. The van der Waals surface area contributed by atoms with Crippen LogP contribution in [0.15, 0.2) is 40.0 Å². The molecule has 9 nitrogen and oxygen atoms in total. The number of H-pyrrole nitrogens is 1. The third-order valence-corrected chi connectivity index (χ3v) is 5.72. The number of rotatable bonds is 8. The van der Waals surface area contributed by atoms with Gasteiger partial charge in [0.1, 0.15) is 12.4 Å². The summed E-state index contributed by atoms with van der Waals surface area (Å²) in [5.74, 6) is 1.29. The van der Waals surface area contributed by atoms with Crippen LogP contribution in [-0.2, 0) is 10.0 Å². The molecule has 2 N–H and O–H groups in total. The molecule has 2 heterocycles. The Morgan fingerprint density at radius 3 is 2.43 bits per heavy atom. The highest BCUT2D eigenvalue weighted by atomic mass is 32.2. The lowest BCUT2D eigenvalue weighted by Crippen LogP contribution is -2.30. The molecule has 1 atom stereocenters. The van der Waals surface area contributed by atoms with Gasteiger partial charge in [0.25, 0.3) is 0 Å². The Labute approximate surface area is 164 Å². The lowest BCUT2D eigenvalue weighted by atomic mass is 10.0. The first-order valence-corrected chi connectivity index (χ1v) is 10.6. The van der Waals surface area contributed by atoms with E-state index >= 15 is 0 Å². The maximum Gasteiger partial charge on any atom is 0.245 e. The maximum absolute atomic E-state index is 12.9. The molecular formula is C18H24N6O3S. The zero-order valence-corrected chi connectivity index (χ0v) is 17.1. The van der Waals surface area contributed by atoms with Crippen molar-refractivity contribution in [3.8, 4) is 11.6 Å². The molecule has 0 aliphatic rings. The van der Waals surface area contributed by atoms with Crippen LogP contribution in [-0.4, -0.2) is 33.7 Å². The zero-order chi connectivity index (χ0) is 20.3. The van der Waals surface area contributed by atoms with Crippen LogP contribution in [0.25, 0.3) is 11.6 Å². The summed E-state index contributed by atoms with van der Waals surface area (Å²) < 4.78 is 33.8. The SMILES string of the molecule is CC(C)C[C@H](NS(=O)(=O)c1ccc(C(C)C)cc1)c1nc(-c2ncn[nH]2)no1. The van der Waals surface area contributed by atoms with E-state index in [1.807, 2.05) is 26.0 Å². The van der Waals surface area contributed by atoms with Gasteiger partial charge in [0.15, 0.2) is 5.82 Å². The number of benzene rings is 1. The van der Waals surface area contributed by atoms with E-state index in [0.29, 0.717) is 18.2 Å². The molecule has 10 heteroatoms. The standard InChI is InChI=1S/C18H24N6O3S/c1-11(2)9-15(18-21-17(23-27-18)16-19-10-20-22-16)24-28(25,26)14-7-5-13(6-8-14)12(3)4/h5-8,10-12,15,24H,9H2,1-4H3,(H,19,20,22)/t15-/m0/s1. The first kappa shape index (κ1) is 20.2. The van der Waals surface area contributed by atoms with Crippen LogP contribution >= 0.6 is 0 Å². The molecule has 1 aromatic carbocycles. The molecule has 0 aliphatic carbocycles. The van der Waals surface area contributed by atoms with Crippen molar-refractivity contribution >= 4 is 10.0 Å². The third-order valence-electron chi connectivity index (χ3n) is 4.23. The molecule has 0 saturated carbocycles. The van der Waals surface area contributed by atoms with Crippen molar-refractivity contribution in [3.05, 3.63) is 42.0 Å². The molecule has 0 amide bonds. The van der Waals surface area contributed by atoms with E-state index in [0.717, 1.165) is 5.56 Å². The second kappa shape index (κ2) is 8.19. The van der Waals surface area contributed by atoms with E-state index in [9.17, 15) is 8.42 Å². The predicted molar refractivity (Wildman–Crippen MR) is 103 cm³/mol. The molecule has 0 bridgehead atoms. The van der Waals surface area contributed by atoms with Crippen LogP contribution in [0.5, 0.6) is 0 Å². The Kier molecular flexibility index (Phi) is 5.90. The molecule has 3 aromatic rings. The molecule has 2 aromatic heterocycles. The normalized spacial score (nSPS) is 13.4. The third kappa shape index (κ3) is 4.63. The number of aromatic amines is 1. The molecule has 3 rings (SSSR count). The summed E-state index contributed by atoms with van der Waals surface area (Å²) in [6, 6.07) is 6.21. The van der Waals surface area contributed by atoms with Crippen molar-refractivity contribution in [2.45, 2.75) is 51.0 Å². The fourth-order valence-corrected chi connectivity index (χ4v) is 3.95. The smallest absolute Gasteiger partial charge is 0.245 e. The average molecular weight is 404 g/mol. The van der Waals surface area contributed by atoms with Crippen molar-refractivity contribution in [1.82, 2.24) is 30.0 Å². The molecular weight excluding hydrogens is 380 g/mol. The van der Waals surface area contributed by atoms with Gasteiger partial charge in [0, 0.05) is 0 Å². The number of hydrogen-bond donors (Lipinski definition) is 2. The summed E-state index contributed by atoms with van der Waals surface area (Å²) in [5, 5.41) is 10.3. The fraction of sp³-hybridized carbons (Fsp3) is 0.444. The molecule has 28 heavy (non-hydrogen) atoms. The van der Waals surface area contributed by atoms with Gasteiger partial charge in [-0.2, -0.15) is 14.8 Å². The molecule has 0 saturated heterocycles. The summed E-state index contributed by atoms with van der Waals surface area (Å²) in [4.78, 5) is 8.45. The van der Waals surface area contributed by atoms with Crippen LogP contribution in [0.3, 0.4) is 0 Å². The minimum Gasteiger partial charge on any atom is -0.337 e. The van der Waals surface area contributed by atoms with Gasteiger partial charge in [0.2, 0.25) is 21.7 Å². The maximum atomic E-state index is 12.9. The van der Waals surface area contributed by atoms with Gasteiger partial charge >= 0.3 is 0 Å². The summed E-state index contributed by atoms with van der Waals surface area (Å²) in [5.41, 5.74) is 1.08. The van der Waals surface area contributed by atoms with Crippen LogP contribution in [0, 0.1) is 5.92 Å². The lowest BCUT2D eigenvalue weighted by Gasteiger charge is -2.17. The number of nitrogens with one attached hydrogen (secondary N) is 2. The number of sulfonamides is 1. The molecule has 0 aliphatic heterocycles. The summed E-state index contributed by atoms with van der Waals surface area (Å²) >= 11 is 0. The Morgan fingerprint density at radius 2 is 1.86 bits per heavy atom. The van der Waals surface area contributed by atoms with E-state index in [-0.39, 0.29) is 22.5 Å². The highest BCUT2D eigenvalue weighted by Crippen LogP contribution is 2.25. The van der Waals surface area contributed by atoms with Crippen LogP contribution < -0.4 is 4.72 Å². The highest BCUT2D eigenvalue weighted by molar-refractivity contribution is 7.89. The topological polar surface area (TPSA) is 127 Å². The van der Waals surface area contributed by atoms with Crippen molar-refractivity contribution in [2.75, 3.05) is 0 Å². The van der Waals surface area contributed by atoms with Crippen LogP contribution in [0.1, 0.15) is 57.5 Å². The van der Waals surface area contributed by atoms with Crippen molar-refractivity contribution in [2.24, 2.45) is 5.92 Å². The van der Waals surface area contributed by atoms with Gasteiger partial charge in [-0.25, -0.2) is 13.4 Å². The first-order chi connectivity index (χ1) is 13.3. The molecule has 0 radical (unpaired) electrons. The van der Waals surface area contributed by atoms with E-state index in [4.69, 9.17) is 4.52 Å². The fourth-order valence-electron chi connectivity index (χ4n) is 2.74. The second-order valence-corrected chi connectivity index (χ2v) is 9.03. The second-order valence-electron chi connectivity index (χ2n) is 7.32. The van der Waals surface area contributed by atoms with Gasteiger partial charge in [-0.05, 0) is 36.0 Å². The van der Waals surface area contributed by atoms with Gasteiger partial charge in [-0.15, -0.1) is 0 Å². The van der Waals surface area contributed by atoms with E-state index in [1.54, 1.807) is 12.1 Å². The molecule has 0 unspecified atom stereocenters. The van der Waals surface area contributed by atoms with Gasteiger partial charge in [0.05, 0.1) is 4.90 Å². The zero-order valence-electron chi connectivity index (χ0n) is 16.2. The Balaban J connectivity index is 1.85. The van der Waals surface area contributed by atoms with Gasteiger partial charge in [-0.3, -0.25) is 5.10 Å². The monoisotopic (exact) mass is 404 g/mol. The number of nitrogens with zero attached hydrogens (tertiary/aromatic N) is 4. The predicted octanol–water partition coefficient (Wildman–Crippen LogP) is 3.04. The van der Waals surface area contributed by atoms with Gasteiger partial charge in [-0.1, -0.05) is 45.0 Å². The Morgan fingerprint density at radius 1 is 1.14 bits per heavy atom. The van der Waals surface area contributed by atoms with Gasteiger partial charge < -0.3 is 4.52 Å². The quantitative estimate of drug-likeness (QED) is 0.591. The molecule has 150 valence electrons. The largest absolute Gasteiger partial charge is 0.337 e. The minimum atomic E-state index is -3.75. The number of aromatic nitrogens is 5. The average Bonchev–Trinajstić information content (AvgIpc) is 3.32. The van der Waals surface area contributed by atoms with E-state index < -0.39 is 16.1 Å². The summed E-state index contributed by atoms with van der Waals surface area (Å²) in [6.45, 7) is 8.10. The molecule has 0 fully saturated rings. The molecule has 0 spiro atoms. The van der Waals surface area contributed by atoms with Crippen molar-refractivity contribution in [1.29, 1.82) is 0 Å². The Hall–Kier alpha value is -2.59. The minimum absolute atomic E-state index is 0.183. The van der Waals surface area contributed by atoms with Crippen molar-refractivity contribution in [3.63, 3.8) is 0 Å². The van der Waals surface area contributed by atoms with Crippen LogP contribution in [0.2, 0.25) is 0 Å². The summed E-state index contributed by atoms with van der Waals surface area (Å²) in [7, 11) is -3.75. The number of hydrogen-bond acceptors (Lipinski definition) is 7. The highest BCUT2D eigenvalue weighted by Gasteiger charge is 2.27. The summed E-state index contributed by atoms with van der Waals surface area (Å²) in [6.07, 6.45) is 1.84. The van der Waals surface area contributed by atoms with E-state index in [2.05, 4.69) is 43.9 Å². The van der Waals surface area contributed by atoms with Crippen LogP contribution in [0.4, 0.5) is 0 Å². The lowest BCUT2D eigenvalue weighted by molar-refractivity contribution is 0.323. The van der Waals surface area contributed by atoms with E-state index in [1.165, 1.54) is 6.33 Å². The van der Waals surface area contributed by atoms with Crippen molar-refractivity contribution < 1.29 is 12.9 Å². The Bertz CT molecular complexity index is 994.